The molecule has 0 radical (unpaired) electrons. The van der Waals surface area contributed by atoms with E-state index in [4.69, 9.17) is 0 Å². The SMILES string of the molecule is CC(C)(C)c1cnc2cc(Br)nn2c1. The minimum absolute atomic E-state index is 0.111. The third-order valence-corrected chi connectivity index (χ3v) is 2.54. The Bertz CT molecular complexity index is 468. The first-order chi connectivity index (χ1) is 6.47. The molecule has 0 N–H and O–H groups in total. The second-order valence-corrected chi connectivity index (χ2v) is 5.17. The van der Waals surface area contributed by atoms with Crippen LogP contribution in [0.2, 0.25) is 0 Å². The number of fused-ring (bicyclic) bond motifs is 1. The normalized spacial score (nSPS) is 12.3. The maximum atomic E-state index is 4.34. The number of halogens is 1. The lowest BCUT2D eigenvalue weighted by molar-refractivity contribution is 0.581. The summed E-state index contributed by atoms with van der Waals surface area (Å²) in [5, 5.41) is 4.26. The molecule has 2 rings (SSSR count). The van der Waals surface area contributed by atoms with Gasteiger partial charge in [0.2, 0.25) is 0 Å². The van der Waals surface area contributed by atoms with Crippen LogP contribution in [0.3, 0.4) is 0 Å². The van der Waals surface area contributed by atoms with Gasteiger partial charge in [-0.05, 0) is 26.9 Å². The number of aromatic nitrogens is 3. The zero-order valence-electron chi connectivity index (χ0n) is 8.45. The molecule has 4 heteroatoms. The minimum atomic E-state index is 0.111. The van der Waals surface area contributed by atoms with Gasteiger partial charge in [0.15, 0.2) is 5.65 Å². The number of hydrogen-bond acceptors (Lipinski definition) is 2. The monoisotopic (exact) mass is 253 g/mol. The van der Waals surface area contributed by atoms with Crippen LogP contribution >= 0.6 is 15.9 Å². The van der Waals surface area contributed by atoms with Gasteiger partial charge in [0.05, 0.1) is 0 Å². The highest BCUT2D eigenvalue weighted by molar-refractivity contribution is 9.10. The number of hydrogen-bond donors (Lipinski definition) is 0. The van der Waals surface area contributed by atoms with Gasteiger partial charge in [-0.25, -0.2) is 9.50 Å². The quantitative estimate of drug-likeness (QED) is 0.723. The summed E-state index contributed by atoms with van der Waals surface area (Å²) in [5.41, 5.74) is 2.16. The Balaban J connectivity index is 2.62. The summed E-state index contributed by atoms with van der Waals surface area (Å²) in [6.45, 7) is 6.48. The molecule has 0 amide bonds. The van der Waals surface area contributed by atoms with Crippen molar-refractivity contribution in [1.29, 1.82) is 0 Å². The molecule has 0 aliphatic carbocycles. The Kier molecular flexibility index (Phi) is 2.10. The van der Waals surface area contributed by atoms with Gasteiger partial charge in [-0.1, -0.05) is 20.8 Å². The molecule has 0 atom stereocenters. The van der Waals surface area contributed by atoms with E-state index < -0.39 is 0 Å². The van der Waals surface area contributed by atoms with E-state index in [2.05, 4.69) is 46.8 Å². The molecule has 2 aromatic heterocycles. The molecular formula is C10H12BrN3. The molecule has 2 aromatic rings. The van der Waals surface area contributed by atoms with Crippen molar-refractivity contribution in [3.8, 4) is 0 Å². The average molecular weight is 254 g/mol. The van der Waals surface area contributed by atoms with Crippen LogP contribution in [0.5, 0.6) is 0 Å². The third kappa shape index (κ3) is 1.66. The van der Waals surface area contributed by atoms with Gasteiger partial charge in [0.25, 0.3) is 0 Å². The lowest BCUT2D eigenvalue weighted by atomic mass is 9.89. The summed E-state index contributed by atoms with van der Waals surface area (Å²) < 4.78 is 2.61. The van der Waals surface area contributed by atoms with E-state index in [9.17, 15) is 0 Å². The van der Waals surface area contributed by atoms with Gasteiger partial charge < -0.3 is 0 Å². The predicted molar refractivity (Wildman–Crippen MR) is 59.4 cm³/mol. The Hall–Kier alpha value is -0.900. The molecule has 0 unspecified atom stereocenters. The van der Waals surface area contributed by atoms with Crippen molar-refractivity contribution in [2.45, 2.75) is 26.2 Å². The van der Waals surface area contributed by atoms with Crippen LogP contribution in [-0.4, -0.2) is 14.6 Å². The topological polar surface area (TPSA) is 30.2 Å². The maximum Gasteiger partial charge on any atom is 0.156 e. The molecular weight excluding hydrogens is 242 g/mol. The standard InChI is InChI=1S/C10H12BrN3/c1-10(2,3)7-5-12-9-4-8(11)13-14(9)6-7/h4-6H,1-3H3. The molecule has 0 fully saturated rings. The Morgan fingerprint density at radius 3 is 2.71 bits per heavy atom. The highest BCUT2D eigenvalue weighted by Crippen LogP contribution is 2.21. The first kappa shape index (κ1) is 9.65. The molecule has 2 heterocycles. The summed E-state index contributed by atoms with van der Waals surface area (Å²) in [7, 11) is 0. The first-order valence-electron chi connectivity index (χ1n) is 4.48. The van der Waals surface area contributed by atoms with Crippen molar-refractivity contribution in [3.63, 3.8) is 0 Å². The Morgan fingerprint density at radius 2 is 2.07 bits per heavy atom. The van der Waals surface area contributed by atoms with E-state index >= 15 is 0 Å². The lowest BCUT2D eigenvalue weighted by Crippen LogP contribution is -2.12. The fraction of sp³-hybridized carbons (Fsp3) is 0.400. The van der Waals surface area contributed by atoms with Crippen molar-refractivity contribution >= 4 is 21.6 Å². The largest absolute Gasteiger partial charge is 0.237 e. The third-order valence-electron chi connectivity index (χ3n) is 2.15. The zero-order valence-corrected chi connectivity index (χ0v) is 10.0. The molecule has 0 aliphatic rings. The van der Waals surface area contributed by atoms with E-state index in [0.29, 0.717) is 0 Å². The second-order valence-electron chi connectivity index (χ2n) is 4.36. The van der Waals surface area contributed by atoms with Crippen LogP contribution in [0.1, 0.15) is 26.3 Å². The van der Waals surface area contributed by atoms with Crippen LogP contribution in [0.25, 0.3) is 5.65 Å². The van der Waals surface area contributed by atoms with Gasteiger partial charge in [-0.2, -0.15) is 5.10 Å². The zero-order chi connectivity index (χ0) is 10.3. The average Bonchev–Trinajstić information content (AvgIpc) is 2.41. The van der Waals surface area contributed by atoms with Crippen molar-refractivity contribution in [2.75, 3.05) is 0 Å². The molecule has 0 saturated carbocycles. The molecule has 74 valence electrons. The smallest absolute Gasteiger partial charge is 0.156 e. The molecule has 0 saturated heterocycles. The van der Waals surface area contributed by atoms with Crippen molar-refractivity contribution in [2.24, 2.45) is 0 Å². The fourth-order valence-corrected chi connectivity index (χ4v) is 1.61. The molecule has 3 nitrogen and oxygen atoms in total. The van der Waals surface area contributed by atoms with Crippen LogP contribution in [0.4, 0.5) is 0 Å². The van der Waals surface area contributed by atoms with Crippen LogP contribution in [0.15, 0.2) is 23.1 Å². The van der Waals surface area contributed by atoms with Crippen molar-refractivity contribution in [1.82, 2.24) is 14.6 Å². The molecule has 0 bridgehead atoms. The van der Waals surface area contributed by atoms with Gasteiger partial charge in [-0.3, -0.25) is 0 Å². The van der Waals surface area contributed by atoms with Crippen LogP contribution in [-0.2, 0) is 5.41 Å². The van der Waals surface area contributed by atoms with E-state index in [1.807, 2.05) is 18.5 Å². The lowest BCUT2D eigenvalue weighted by Gasteiger charge is -2.17. The van der Waals surface area contributed by atoms with E-state index in [1.165, 1.54) is 5.56 Å². The molecule has 0 aliphatic heterocycles. The first-order valence-corrected chi connectivity index (χ1v) is 5.27. The molecule has 0 aromatic carbocycles. The summed E-state index contributed by atoms with van der Waals surface area (Å²) in [6, 6.07) is 1.90. The summed E-state index contributed by atoms with van der Waals surface area (Å²) in [6.07, 6.45) is 3.93. The van der Waals surface area contributed by atoms with E-state index in [1.54, 1.807) is 4.52 Å². The fourth-order valence-electron chi connectivity index (χ4n) is 1.24. The summed E-state index contributed by atoms with van der Waals surface area (Å²) in [5.74, 6) is 0. The van der Waals surface area contributed by atoms with Crippen molar-refractivity contribution < 1.29 is 0 Å². The Morgan fingerprint density at radius 1 is 1.36 bits per heavy atom. The second kappa shape index (κ2) is 3.05. The van der Waals surface area contributed by atoms with Gasteiger partial charge in [-0.15, -0.1) is 0 Å². The molecule has 14 heavy (non-hydrogen) atoms. The van der Waals surface area contributed by atoms with E-state index in [-0.39, 0.29) is 5.41 Å². The molecule has 0 spiro atoms. The highest BCUT2D eigenvalue weighted by Gasteiger charge is 2.15. The number of nitrogens with zero attached hydrogens (tertiary/aromatic N) is 3. The van der Waals surface area contributed by atoms with Gasteiger partial charge in [0.1, 0.15) is 4.60 Å². The summed E-state index contributed by atoms with van der Waals surface area (Å²) >= 11 is 3.33. The number of rotatable bonds is 0. The Labute approximate surface area is 91.3 Å². The minimum Gasteiger partial charge on any atom is -0.237 e. The van der Waals surface area contributed by atoms with Crippen molar-refractivity contribution in [3.05, 3.63) is 28.6 Å². The summed E-state index contributed by atoms with van der Waals surface area (Å²) in [4.78, 5) is 4.34. The van der Waals surface area contributed by atoms with Crippen LogP contribution in [0, 0.1) is 0 Å². The van der Waals surface area contributed by atoms with Crippen LogP contribution < -0.4 is 0 Å². The predicted octanol–water partition coefficient (Wildman–Crippen LogP) is 2.79. The maximum absolute atomic E-state index is 4.34. The van der Waals surface area contributed by atoms with E-state index in [0.717, 1.165) is 10.3 Å². The highest BCUT2D eigenvalue weighted by atomic mass is 79.9. The van der Waals surface area contributed by atoms with Gasteiger partial charge in [0, 0.05) is 18.5 Å². The van der Waals surface area contributed by atoms with Gasteiger partial charge >= 0.3 is 0 Å².